The fraction of sp³-hybridized carbons (Fsp3) is 0.385. The molecule has 3 atom stereocenters. The Bertz CT molecular complexity index is 1090. The molecule has 2 saturated heterocycles. The molecule has 5 rings (SSSR count). The van der Waals surface area contributed by atoms with Gasteiger partial charge in [0, 0.05) is 67.9 Å². The van der Waals surface area contributed by atoms with E-state index in [0.29, 0.717) is 12.5 Å². The maximum absolute atomic E-state index is 13.6. The zero-order valence-corrected chi connectivity index (χ0v) is 18.6. The molecule has 2 fully saturated rings. The van der Waals surface area contributed by atoms with E-state index in [0.717, 1.165) is 37.2 Å². The van der Waals surface area contributed by atoms with Gasteiger partial charge in [0.15, 0.2) is 0 Å². The van der Waals surface area contributed by atoms with Gasteiger partial charge >= 0.3 is 0 Å². The summed E-state index contributed by atoms with van der Waals surface area (Å²) in [6.45, 7) is 5.51. The highest BCUT2D eigenvalue weighted by atomic mass is 19.1. The third kappa shape index (κ3) is 3.84. The number of piperidine rings is 1. The summed E-state index contributed by atoms with van der Waals surface area (Å²) in [5, 5.41) is 4.39. The predicted molar refractivity (Wildman–Crippen MR) is 122 cm³/mol. The Morgan fingerprint density at radius 1 is 1.09 bits per heavy atom. The van der Waals surface area contributed by atoms with E-state index in [-0.39, 0.29) is 23.7 Å². The van der Waals surface area contributed by atoms with Crippen molar-refractivity contribution in [1.29, 1.82) is 0 Å². The van der Waals surface area contributed by atoms with Crippen LogP contribution in [0.5, 0.6) is 0 Å². The number of amides is 1. The van der Waals surface area contributed by atoms with Gasteiger partial charge in [-0.15, -0.1) is 0 Å². The lowest BCUT2D eigenvalue weighted by Crippen LogP contribution is -2.47. The van der Waals surface area contributed by atoms with Crippen LogP contribution in [0, 0.1) is 18.7 Å². The second kappa shape index (κ2) is 8.51. The Morgan fingerprint density at radius 3 is 2.53 bits per heavy atom. The molecule has 32 heavy (non-hydrogen) atoms. The predicted octanol–water partition coefficient (Wildman–Crippen LogP) is 4.00. The van der Waals surface area contributed by atoms with Crippen LogP contribution in [0.3, 0.4) is 0 Å². The molecule has 0 saturated carbocycles. The first-order valence-corrected chi connectivity index (χ1v) is 11.3. The summed E-state index contributed by atoms with van der Waals surface area (Å²) in [7, 11) is 1.97. The van der Waals surface area contributed by atoms with Gasteiger partial charge in [0.25, 0.3) is 5.91 Å². The minimum atomic E-state index is -0.224. The number of benzene rings is 2. The van der Waals surface area contributed by atoms with Crippen molar-refractivity contribution in [3.05, 3.63) is 89.0 Å². The third-order valence-electron chi connectivity index (χ3n) is 7.33. The van der Waals surface area contributed by atoms with Crippen molar-refractivity contribution < 1.29 is 9.18 Å². The van der Waals surface area contributed by atoms with E-state index < -0.39 is 0 Å². The van der Waals surface area contributed by atoms with Crippen LogP contribution in [-0.4, -0.2) is 51.2 Å². The number of hydrogen-bond acceptors (Lipinski definition) is 3. The minimum Gasteiger partial charge on any atom is -0.335 e. The molecular formula is C26H29FN4O. The van der Waals surface area contributed by atoms with Gasteiger partial charge < -0.3 is 4.90 Å². The monoisotopic (exact) mass is 432 g/mol. The smallest absolute Gasteiger partial charge is 0.254 e. The molecule has 3 aromatic rings. The molecule has 6 heteroatoms. The Labute approximate surface area is 188 Å². The first kappa shape index (κ1) is 20.9. The second-order valence-corrected chi connectivity index (χ2v) is 9.12. The minimum absolute atomic E-state index is 0.0989. The van der Waals surface area contributed by atoms with E-state index in [4.69, 9.17) is 0 Å². The average molecular weight is 433 g/mol. The van der Waals surface area contributed by atoms with E-state index >= 15 is 0 Å². The van der Waals surface area contributed by atoms with Crippen LogP contribution in [0.4, 0.5) is 4.39 Å². The number of halogens is 1. The van der Waals surface area contributed by atoms with Gasteiger partial charge in [-0.05, 0) is 43.2 Å². The molecule has 1 amide bonds. The standard InChI is InChI=1S/C26H29FN4O/c1-18-21(14-28-29(18)2)15-30-13-12-25-24(16-30)23(19-8-10-22(27)11-9-19)17-31(25)26(32)20-6-4-3-5-7-20/h3-11,14,23-25H,12-13,15-17H2,1-2H3/t23-,24-,25-/m1/s1. The van der Waals surface area contributed by atoms with Gasteiger partial charge in [0.1, 0.15) is 5.82 Å². The average Bonchev–Trinajstić information content (AvgIpc) is 3.35. The van der Waals surface area contributed by atoms with Gasteiger partial charge in [0.2, 0.25) is 0 Å². The molecule has 0 unspecified atom stereocenters. The summed E-state index contributed by atoms with van der Waals surface area (Å²) in [4.78, 5) is 17.9. The van der Waals surface area contributed by atoms with E-state index in [1.807, 2.05) is 60.4 Å². The number of aromatic nitrogens is 2. The number of rotatable bonds is 4. The Morgan fingerprint density at radius 2 is 1.84 bits per heavy atom. The van der Waals surface area contributed by atoms with E-state index in [1.165, 1.54) is 23.4 Å². The highest BCUT2D eigenvalue weighted by Gasteiger charge is 2.47. The molecule has 5 nitrogen and oxygen atoms in total. The summed E-state index contributed by atoms with van der Waals surface area (Å²) in [6, 6.07) is 16.6. The Balaban J connectivity index is 1.41. The lowest BCUT2D eigenvalue weighted by molar-refractivity contribution is 0.0614. The van der Waals surface area contributed by atoms with Crippen LogP contribution in [0.25, 0.3) is 0 Å². The molecule has 0 N–H and O–H groups in total. The van der Waals surface area contributed by atoms with Crippen molar-refractivity contribution in [1.82, 2.24) is 19.6 Å². The van der Waals surface area contributed by atoms with Crippen molar-refractivity contribution in [2.75, 3.05) is 19.6 Å². The number of hydrogen-bond donors (Lipinski definition) is 0. The maximum Gasteiger partial charge on any atom is 0.254 e. The van der Waals surface area contributed by atoms with Crippen LogP contribution >= 0.6 is 0 Å². The molecule has 3 heterocycles. The Kier molecular flexibility index (Phi) is 5.55. The fourth-order valence-electron chi connectivity index (χ4n) is 5.43. The summed E-state index contributed by atoms with van der Waals surface area (Å²) in [5.41, 5.74) is 4.29. The fourth-order valence-corrected chi connectivity index (χ4v) is 5.43. The van der Waals surface area contributed by atoms with Crippen LogP contribution in [0.1, 0.15) is 39.5 Å². The van der Waals surface area contributed by atoms with Crippen LogP contribution < -0.4 is 0 Å². The summed E-state index contributed by atoms with van der Waals surface area (Å²) in [5.74, 6) is 0.393. The number of carbonyl (C=O) groups excluding carboxylic acids is 1. The zero-order chi connectivity index (χ0) is 22.2. The van der Waals surface area contributed by atoms with Gasteiger partial charge in [-0.2, -0.15) is 5.10 Å². The highest BCUT2D eigenvalue weighted by Crippen LogP contribution is 2.42. The molecule has 2 aliphatic rings. The van der Waals surface area contributed by atoms with Crippen molar-refractivity contribution >= 4 is 5.91 Å². The molecule has 0 bridgehead atoms. The zero-order valence-electron chi connectivity index (χ0n) is 18.6. The molecule has 2 aliphatic heterocycles. The second-order valence-electron chi connectivity index (χ2n) is 9.12. The molecule has 2 aromatic carbocycles. The highest BCUT2D eigenvalue weighted by molar-refractivity contribution is 5.94. The van der Waals surface area contributed by atoms with Crippen molar-refractivity contribution in [3.63, 3.8) is 0 Å². The summed E-state index contributed by atoms with van der Waals surface area (Å²) < 4.78 is 15.5. The first-order valence-electron chi connectivity index (χ1n) is 11.3. The number of nitrogens with zero attached hydrogens (tertiary/aromatic N) is 4. The quantitative estimate of drug-likeness (QED) is 0.626. The number of fused-ring (bicyclic) bond motifs is 1. The van der Waals surface area contributed by atoms with Gasteiger partial charge in [-0.1, -0.05) is 30.3 Å². The molecule has 1 aromatic heterocycles. The van der Waals surface area contributed by atoms with Gasteiger partial charge in [0.05, 0.1) is 6.20 Å². The number of carbonyl (C=O) groups is 1. The van der Waals surface area contributed by atoms with Crippen LogP contribution in [-0.2, 0) is 13.6 Å². The summed E-state index contributed by atoms with van der Waals surface area (Å²) in [6.07, 6.45) is 2.90. The van der Waals surface area contributed by atoms with E-state index in [9.17, 15) is 9.18 Å². The van der Waals surface area contributed by atoms with Crippen molar-refractivity contribution in [2.24, 2.45) is 13.0 Å². The molecule has 0 spiro atoms. The maximum atomic E-state index is 13.6. The lowest BCUT2D eigenvalue weighted by atomic mass is 9.81. The molecule has 0 radical (unpaired) electrons. The molecular weight excluding hydrogens is 403 g/mol. The van der Waals surface area contributed by atoms with Crippen molar-refractivity contribution in [2.45, 2.75) is 31.8 Å². The topological polar surface area (TPSA) is 41.4 Å². The van der Waals surface area contributed by atoms with Gasteiger partial charge in [-0.3, -0.25) is 14.4 Å². The van der Waals surface area contributed by atoms with Crippen LogP contribution in [0.2, 0.25) is 0 Å². The first-order chi connectivity index (χ1) is 15.5. The molecule has 0 aliphatic carbocycles. The Hall–Kier alpha value is -2.99. The van der Waals surface area contributed by atoms with Crippen molar-refractivity contribution in [3.8, 4) is 0 Å². The molecule has 166 valence electrons. The number of aryl methyl sites for hydroxylation is 1. The SMILES string of the molecule is Cc1c(CN2CC[C@@H]3[C@H](C2)[C@@H](c2ccc(F)cc2)CN3C(=O)c2ccccc2)cnn1C. The lowest BCUT2D eigenvalue weighted by Gasteiger charge is -2.39. The van der Waals surface area contributed by atoms with E-state index in [2.05, 4.69) is 21.8 Å². The third-order valence-corrected chi connectivity index (χ3v) is 7.33. The number of likely N-dealkylation sites (tertiary alicyclic amines) is 2. The van der Waals surface area contributed by atoms with E-state index in [1.54, 1.807) is 0 Å². The summed E-state index contributed by atoms with van der Waals surface area (Å²) >= 11 is 0. The largest absolute Gasteiger partial charge is 0.335 e. The normalized spacial score (nSPS) is 23.3. The van der Waals surface area contributed by atoms with Crippen LogP contribution in [0.15, 0.2) is 60.8 Å². The van der Waals surface area contributed by atoms with Gasteiger partial charge in [-0.25, -0.2) is 4.39 Å².